The first kappa shape index (κ1) is 13.6. The van der Waals surface area contributed by atoms with E-state index in [4.69, 9.17) is 9.15 Å². The van der Waals surface area contributed by atoms with Crippen molar-refractivity contribution in [2.75, 3.05) is 19.7 Å². The fourth-order valence-electron chi connectivity index (χ4n) is 2.31. The molecule has 1 aromatic heterocycles. The van der Waals surface area contributed by atoms with Crippen molar-refractivity contribution < 1.29 is 13.9 Å². The summed E-state index contributed by atoms with van der Waals surface area (Å²) in [5.74, 6) is 0.867. The topological polar surface area (TPSA) is 42.7 Å². The predicted octanol–water partition coefficient (Wildman–Crippen LogP) is 2.82. The van der Waals surface area contributed by atoms with Gasteiger partial charge in [0.15, 0.2) is 4.67 Å². The summed E-state index contributed by atoms with van der Waals surface area (Å²) in [6.45, 7) is 4.83. The van der Waals surface area contributed by atoms with E-state index in [1.165, 1.54) is 0 Å². The van der Waals surface area contributed by atoms with Crippen LogP contribution < -0.4 is 0 Å². The Morgan fingerprint density at radius 2 is 2.44 bits per heavy atom. The maximum Gasteiger partial charge on any atom is 0.310 e. The van der Waals surface area contributed by atoms with Gasteiger partial charge in [-0.05, 0) is 54.4 Å². The average Bonchev–Trinajstić information content (AvgIpc) is 2.75. The largest absolute Gasteiger partial charge is 0.466 e. The summed E-state index contributed by atoms with van der Waals surface area (Å²) in [7, 11) is 0. The lowest BCUT2D eigenvalue weighted by molar-refractivity contribution is -0.150. The molecule has 2 rings (SSSR count). The Balaban J connectivity index is 1.88. The van der Waals surface area contributed by atoms with Crippen LogP contribution in [0.25, 0.3) is 0 Å². The summed E-state index contributed by atoms with van der Waals surface area (Å²) in [6, 6.07) is 3.85. The molecule has 1 aliphatic heterocycles. The number of ether oxygens (including phenoxy) is 1. The van der Waals surface area contributed by atoms with Gasteiger partial charge < -0.3 is 9.15 Å². The Morgan fingerprint density at radius 3 is 3.11 bits per heavy atom. The molecule has 1 saturated heterocycles. The van der Waals surface area contributed by atoms with Crippen molar-refractivity contribution >= 4 is 21.9 Å². The van der Waals surface area contributed by atoms with E-state index in [1.54, 1.807) is 0 Å². The number of hydrogen-bond donors (Lipinski definition) is 0. The number of piperidine rings is 1. The van der Waals surface area contributed by atoms with Crippen LogP contribution >= 0.6 is 15.9 Å². The van der Waals surface area contributed by atoms with E-state index in [1.807, 2.05) is 19.1 Å². The molecule has 0 aliphatic carbocycles. The Morgan fingerprint density at radius 1 is 1.61 bits per heavy atom. The lowest BCUT2D eigenvalue weighted by Crippen LogP contribution is -2.38. The molecule has 0 bridgehead atoms. The Kier molecular flexibility index (Phi) is 4.83. The minimum Gasteiger partial charge on any atom is -0.466 e. The number of likely N-dealkylation sites (tertiary alicyclic amines) is 1. The van der Waals surface area contributed by atoms with Crippen molar-refractivity contribution in [3.05, 3.63) is 22.6 Å². The monoisotopic (exact) mass is 315 g/mol. The van der Waals surface area contributed by atoms with Gasteiger partial charge in [-0.15, -0.1) is 0 Å². The molecule has 4 nitrogen and oxygen atoms in total. The molecule has 1 aromatic rings. The zero-order chi connectivity index (χ0) is 13.0. The van der Waals surface area contributed by atoms with Crippen molar-refractivity contribution in [2.45, 2.75) is 26.3 Å². The van der Waals surface area contributed by atoms with E-state index >= 15 is 0 Å². The summed E-state index contributed by atoms with van der Waals surface area (Å²) in [5, 5.41) is 0. The SMILES string of the molecule is CCOC(=O)C1CCCN(Cc2ccc(Br)o2)C1. The van der Waals surface area contributed by atoms with Gasteiger partial charge in [-0.1, -0.05) is 0 Å². The van der Waals surface area contributed by atoms with Crippen LogP contribution in [0.2, 0.25) is 0 Å². The highest BCUT2D eigenvalue weighted by Crippen LogP contribution is 2.21. The molecule has 1 aliphatic rings. The first-order valence-corrected chi connectivity index (χ1v) is 7.11. The summed E-state index contributed by atoms with van der Waals surface area (Å²) < 4.78 is 11.3. The molecule has 2 heterocycles. The number of halogens is 1. The first-order chi connectivity index (χ1) is 8.69. The number of furan rings is 1. The summed E-state index contributed by atoms with van der Waals surface area (Å²) in [5.41, 5.74) is 0. The van der Waals surface area contributed by atoms with E-state index in [9.17, 15) is 4.79 Å². The van der Waals surface area contributed by atoms with E-state index in [0.29, 0.717) is 6.61 Å². The van der Waals surface area contributed by atoms with Crippen LogP contribution in [0.4, 0.5) is 0 Å². The second-order valence-corrected chi connectivity index (χ2v) is 5.31. The number of esters is 1. The number of hydrogen-bond acceptors (Lipinski definition) is 4. The molecular formula is C13H18BrNO3. The number of nitrogens with zero attached hydrogens (tertiary/aromatic N) is 1. The fourth-order valence-corrected chi connectivity index (χ4v) is 2.65. The van der Waals surface area contributed by atoms with Crippen LogP contribution in [-0.2, 0) is 16.1 Å². The molecule has 100 valence electrons. The second kappa shape index (κ2) is 6.38. The van der Waals surface area contributed by atoms with Gasteiger partial charge in [0.2, 0.25) is 0 Å². The Hall–Kier alpha value is -0.810. The molecule has 0 saturated carbocycles. The molecule has 0 aromatic carbocycles. The second-order valence-electron chi connectivity index (χ2n) is 4.53. The average molecular weight is 316 g/mol. The Labute approximate surface area is 115 Å². The lowest BCUT2D eigenvalue weighted by Gasteiger charge is -2.30. The van der Waals surface area contributed by atoms with Crippen molar-refractivity contribution in [1.82, 2.24) is 4.90 Å². The van der Waals surface area contributed by atoms with Crippen molar-refractivity contribution in [3.63, 3.8) is 0 Å². The number of carbonyl (C=O) groups excluding carboxylic acids is 1. The van der Waals surface area contributed by atoms with Crippen LogP contribution in [-0.4, -0.2) is 30.6 Å². The molecule has 1 fully saturated rings. The van der Waals surface area contributed by atoms with Gasteiger partial charge in [0.25, 0.3) is 0 Å². The van der Waals surface area contributed by atoms with Gasteiger partial charge in [0.05, 0.1) is 19.1 Å². The van der Waals surface area contributed by atoms with Gasteiger partial charge >= 0.3 is 5.97 Å². The molecular weight excluding hydrogens is 298 g/mol. The third-order valence-corrected chi connectivity index (χ3v) is 3.56. The quantitative estimate of drug-likeness (QED) is 0.801. The molecule has 5 heteroatoms. The van der Waals surface area contributed by atoms with Crippen LogP contribution in [0.1, 0.15) is 25.5 Å². The molecule has 1 atom stereocenters. The molecule has 1 unspecified atom stereocenters. The molecule has 0 spiro atoms. The highest BCUT2D eigenvalue weighted by molar-refractivity contribution is 9.10. The zero-order valence-corrected chi connectivity index (χ0v) is 12.1. The highest BCUT2D eigenvalue weighted by Gasteiger charge is 2.27. The predicted molar refractivity (Wildman–Crippen MR) is 71.0 cm³/mol. The normalized spacial score (nSPS) is 20.9. The summed E-state index contributed by atoms with van der Waals surface area (Å²) in [4.78, 5) is 14.0. The maximum absolute atomic E-state index is 11.7. The van der Waals surface area contributed by atoms with Crippen molar-refractivity contribution in [1.29, 1.82) is 0 Å². The van der Waals surface area contributed by atoms with Crippen LogP contribution in [0.15, 0.2) is 21.2 Å². The Bertz CT molecular complexity index is 405. The smallest absolute Gasteiger partial charge is 0.310 e. The minimum atomic E-state index is -0.0668. The summed E-state index contributed by atoms with van der Waals surface area (Å²) >= 11 is 3.29. The third kappa shape index (κ3) is 3.59. The molecule has 0 amide bonds. The number of carbonyl (C=O) groups is 1. The maximum atomic E-state index is 11.7. The van der Waals surface area contributed by atoms with E-state index < -0.39 is 0 Å². The molecule has 0 radical (unpaired) electrons. The fraction of sp³-hybridized carbons (Fsp3) is 0.615. The highest BCUT2D eigenvalue weighted by atomic mass is 79.9. The van der Waals surface area contributed by atoms with Gasteiger partial charge in [-0.25, -0.2) is 0 Å². The van der Waals surface area contributed by atoms with Gasteiger partial charge in [-0.2, -0.15) is 0 Å². The number of rotatable bonds is 4. The van der Waals surface area contributed by atoms with Crippen LogP contribution in [0.5, 0.6) is 0 Å². The molecule has 18 heavy (non-hydrogen) atoms. The van der Waals surface area contributed by atoms with Gasteiger partial charge in [0, 0.05) is 6.54 Å². The van der Waals surface area contributed by atoms with E-state index in [2.05, 4.69) is 20.8 Å². The lowest BCUT2D eigenvalue weighted by atomic mass is 9.98. The van der Waals surface area contributed by atoms with Crippen LogP contribution in [0, 0.1) is 5.92 Å². The third-order valence-electron chi connectivity index (χ3n) is 3.13. The minimum absolute atomic E-state index is 0.0112. The van der Waals surface area contributed by atoms with E-state index in [0.717, 1.165) is 42.9 Å². The zero-order valence-electron chi connectivity index (χ0n) is 10.5. The van der Waals surface area contributed by atoms with Gasteiger partial charge in [-0.3, -0.25) is 9.69 Å². The van der Waals surface area contributed by atoms with Crippen molar-refractivity contribution in [2.24, 2.45) is 5.92 Å². The van der Waals surface area contributed by atoms with E-state index in [-0.39, 0.29) is 11.9 Å². The van der Waals surface area contributed by atoms with Gasteiger partial charge in [0.1, 0.15) is 5.76 Å². The summed E-state index contributed by atoms with van der Waals surface area (Å²) in [6.07, 6.45) is 1.96. The standard InChI is InChI=1S/C13H18BrNO3/c1-2-17-13(16)10-4-3-7-15(8-10)9-11-5-6-12(14)18-11/h5-6,10H,2-4,7-9H2,1H3. The first-order valence-electron chi connectivity index (χ1n) is 6.32. The molecule has 0 N–H and O–H groups in total. The van der Waals surface area contributed by atoms with Crippen LogP contribution in [0.3, 0.4) is 0 Å². The van der Waals surface area contributed by atoms with Crippen molar-refractivity contribution in [3.8, 4) is 0 Å².